The molecule has 0 radical (unpaired) electrons. The monoisotopic (exact) mass is 302 g/mol. The van der Waals surface area contributed by atoms with Crippen molar-refractivity contribution in [3.63, 3.8) is 0 Å². The highest BCUT2D eigenvalue weighted by Gasteiger charge is 2.20. The van der Waals surface area contributed by atoms with Gasteiger partial charge >= 0.3 is 0 Å². The Hall–Kier alpha value is -2.21. The van der Waals surface area contributed by atoms with Crippen molar-refractivity contribution < 1.29 is 9.47 Å². The molecule has 0 spiro atoms. The number of aromatic nitrogens is 2. The highest BCUT2D eigenvalue weighted by Crippen LogP contribution is 2.33. The summed E-state index contributed by atoms with van der Waals surface area (Å²) in [6, 6.07) is 7.65. The van der Waals surface area contributed by atoms with Crippen molar-refractivity contribution in [1.82, 2.24) is 15.1 Å². The third-order valence-electron chi connectivity index (χ3n) is 3.95. The van der Waals surface area contributed by atoms with E-state index in [1.165, 1.54) is 0 Å². The van der Waals surface area contributed by atoms with Gasteiger partial charge in [0.05, 0.1) is 12.8 Å². The van der Waals surface area contributed by atoms with Crippen molar-refractivity contribution in [2.75, 3.05) is 33.0 Å². The molecule has 3 N–H and O–H groups in total. The molecule has 1 aliphatic heterocycles. The van der Waals surface area contributed by atoms with E-state index in [-0.39, 0.29) is 6.10 Å². The molecule has 6 heteroatoms. The number of likely N-dealkylation sites (tertiary alicyclic amines) is 1. The third kappa shape index (κ3) is 3.17. The molecule has 1 fully saturated rings. The van der Waals surface area contributed by atoms with E-state index in [1.54, 1.807) is 13.2 Å². The van der Waals surface area contributed by atoms with E-state index in [1.807, 2.05) is 18.2 Å². The first kappa shape index (κ1) is 14.7. The number of nitrogen functional groups attached to an aromatic ring is 1. The zero-order valence-electron chi connectivity index (χ0n) is 13.0. The largest absolute Gasteiger partial charge is 0.493 e. The lowest BCUT2D eigenvalue weighted by Gasteiger charge is -2.30. The van der Waals surface area contributed by atoms with Gasteiger partial charge in [0.1, 0.15) is 11.9 Å². The van der Waals surface area contributed by atoms with E-state index in [9.17, 15) is 0 Å². The van der Waals surface area contributed by atoms with Crippen LogP contribution in [0.2, 0.25) is 0 Å². The smallest absolute Gasteiger partial charge is 0.162 e. The Morgan fingerprint density at radius 2 is 2.18 bits per heavy atom. The summed E-state index contributed by atoms with van der Waals surface area (Å²) in [5, 5.41) is 6.88. The van der Waals surface area contributed by atoms with Crippen LogP contribution in [0.4, 0.5) is 5.82 Å². The van der Waals surface area contributed by atoms with Crippen LogP contribution in [0.1, 0.15) is 12.8 Å². The molecule has 1 atom stereocenters. The molecule has 6 nitrogen and oxygen atoms in total. The minimum absolute atomic E-state index is 0.190. The Kier molecular flexibility index (Phi) is 4.20. The summed E-state index contributed by atoms with van der Waals surface area (Å²) in [5.74, 6) is 1.97. The predicted octanol–water partition coefficient (Wildman–Crippen LogP) is 2.14. The molecule has 1 aromatic heterocycles. The number of hydrogen-bond acceptors (Lipinski definition) is 5. The van der Waals surface area contributed by atoms with Crippen LogP contribution in [0, 0.1) is 0 Å². The van der Waals surface area contributed by atoms with Gasteiger partial charge in [0.15, 0.2) is 11.5 Å². The first-order chi connectivity index (χ1) is 10.7. The van der Waals surface area contributed by atoms with Gasteiger partial charge < -0.3 is 20.1 Å². The molecule has 1 aliphatic rings. The van der Waals surface area contributed by atoms with E-state index in [0.717, 1.165) is 48.7 Å². The van der Waals surface area contributed by atoms with Crippen LogP contribution >= 0.6 is 0 Å². The molecule has 2 heterocycles. The van der Waals surface area contributed by atoms with Crippen LogP contribution in [0.5, 0.6) is 11.5 Å². The number of nitrogens with two attached hydrogens (primary N) is 1. The molecule has 1 aromatic carbocycles. The first-order valence-electron chi connectivity index (χ1n) is 7.50. The second kappa shape index (κ2) is 6.27. The number of piperidine rings is 1. The number of benzene rings is 1. The number of hydrogen-bond donors (Lipinski definition) is 2. The van der Waals surface area contributed by atoms with Gasteiger partial charge in [-0.15, -0.1) is 0 Å². The van der Waals surface area contributed by atoms with Crippen LogP contribution in [0.15, 0.2) is 24.3 Å². The van der Waals surface area contributed by atoms with Crippen LogP contribution in [-0.4, -0.2) is 48.4 Å². The van der Waals surface area contributed by atoms with E-state index >= 15 is 0 Å². The molecular formula is C16H22N4O2. The zero-order valence-corrected chi connectivity index (χ0v) is 13.0. The van der Waals surface area contributed by atoms with Crippen molar-refractivity contribution in [2.45, 2.75) is 18.9 Å². The summed E-state index contributed by atoms with van der Waals surface area (Å²) in [4.78, 5) is 2.29. The molecule has 0 amide bonds. The number of ether oxygens (including phenoxy) is 2. The molecule has 3 rings (SSSR count). The Morgan fingerprint density at radius 3 is 2.86 bits per heavy atom. The van der Waals surface area contributed by atoms with Gasteiger partial charge in [-0.2, -0.15) is 5.10 Å². The van der Waals surface area contributed by atoms with Gasteiger partial charge in [-0.25, -0.2) is 0 Å². The van der Waals surface area contributed by atoms with Gasteiger partial charge in [-0.3, -0.25) is 5.10 Å². The first-order valence-corrected chi connectivity index (χ1v) is 7.50. The number of H-pyrrole nitrogens is 1. The molecule has 0 aliphatic carbocycles. The molecule has 1 unspecified atom stereocenters. The Bertz CT molecular complexity index is 641. The normalized spacial score (nSPS) is 19.1. The number of methoxy groups -OCH3 is 1. The SMILES string of the molecule is COc1ccc(-c2cc(N)n[nH]2)cc1OC1CCCN(C)C1. The van der Waals surface area contributed by atoms with E-state index in [4.69, 9.17) is 15.2 Å². The molecule has 0 bridgehead atoms. The maximum atomic E-state index is 6.18. The van der Waals surface area contributed by atoms with Gasteiger partial charge in [0.2, 0.25) is 0 Å². The molecule has 0 saturated carbocycles. The van der Waals surface area contributed by atoms with Gasteiger partial charge in [-0.05, 0) is 44.6 Å². The second-order valence-corrected chi connectivity index (χ2v) is 5.72. The van der Waals surface area contributed by atoms with E-state index in [0.29, 0.717) is 5.82 Å². The summed E-state index contributed by atoms with van der Waals surface area (Å²) in [7, 11) is 3.78. The molecule has 118 valence electrons. The number of nitrogens with zero attached hydrogens (tertiary/aromatic N) is 2. The third-order valence-corrected chi connectivity index (χ3v) is 3.95. The lowest BCUT2D eigenvalue weighted by molar-refractivity contribution is 0.101. The highest BCUT2D eigenvalue weighted by atomic mass is 16.5. The van der Waals surface area contributed by atoms with Crippen LogP contribution in [0.3, 0.4) is 0 Å². The molecule has 1 saturated heterocycles. The fourth-order valence-electron chi connectivity index (χ4n) is 2.82. The fourth-order valence-corrected chi connectivity index (χ4v) is 2.82. The second-order valence-electron chi connectivity index (χ2n) is 5.72. The molecular weight excluding hydrogens is 280 g/mol. The highest BCUT2D eigenvalue weighted by molar-refractivity contribution is 5.65. The topological polar surface area (TPSA) is 76.4 Å². The van der Waals surface area contributed by atoms with Crippen molar-refractivity contribution >= 4 is 5.82 Å². The van der Waals surface area contributed by atoms with E-state index < -0.39 is 0 Å². The van der Waals surface area contributed by atoms with Crippen molar-refractivity contribution in [2.24, 2.45) is 0 Å². The predicted molar refractivity (Wildman–Crippen MR) is 86.1 cm³/mol. The number of anilines is 1. The quantitative estimate of drug-likeness (QED) is 0.905. The van der Waals surface area contributed by atoms with Crippen molar-refractivity contribution in [1.29, 1.82) is 0 Å². The lowest BCUT2D eigenvalue weighted by Crippen LogP contribution is -2.38. The number of likely N-dealkylation sites (N-methyl/N-ethyl adjacent to an activating group) is 1. The average Bonchev–Trinajstić information content (AvgIpc) is 2.94. The average molecular weight is 302 g/mol. The van der Waals surface area contributed by atoms with Gasteiger partial charge in [0.25, 0.3) is 0 Å². The van der Waals surface area contributed by atoms with E-state index in [2.05, 4.69) is 22.1 Å². The molecule has 2 aromatic rings. The minimum atomic E-state index is 0.190. The Labute approximate surface area is 130 Å². The maximum absolute atomic E-state index is 6.18. The van der Waals surface area contributed by atoms with Crippen LogP contribution in [0.25, 0.3) is 11.3 Å². The number of aromatic amines is 1. The summed E-state index contributed by atoms with van der Waals surface area (Å²) in [6.07, 6.45) is 2.41. The summed E-state index contributed by atoms with van der Waals surface area (Å²) in [5.41, 5.74) is 7.51. The lowest BCUT2D eigenvalue weighted by atomic mass is 10.1. The standard InChI is InChI=1S/C16H22N4O2/c1-20-7-3-4-12(10-20)22-15-8-11(5-6-14(15)21-2)13-9-16(17)19-18-13/h5-6,8-9,12H,3-4,7,10H2,1-2H3,(H3,17,18,19). The maximum Gasteiger partial charge on any atom is 0.162 e. The summed E-state index contributed by atoms with van der Waals surface area (Å²) < 4.78 is 11.6. The Morgan fingerprint density at radius 1 is 1.32 bits per heavy atom. The van der Waals surface area contributed by atoms with Crippen molar-refractivity contribution in [3.05, 3.63) is 24.3 Å². The fraction of sp³-hybridized carbons (Fsp3) is 0.438. The molecule has 22 heavy (non-hydrogen) atoms. The minimum Gasteiger partial charge on any atom is -0.493 e. The summed E-state index contributed by atoms with van der Waals surface area (Å²) in [6.45, 7) is 2.06. The zero-order chi connectivity index (χ0) is 15.5. The Balaban J connectivity index is 1.84. The van der Waals surface area contributed by atoms with Crippen LogP contribution in [-0.2, 0) is 0 Å². The number of nitrogens with one attached hydrogen (secondary N) is 1. The van der Waals surface area contributed by atoms with Gasteiger partial charge in [0, 0.05) is 18.2 Å². The van der Waals surface area contributed by atoms with Crippen LogP contribution < -0.4 is 15.2 Å². The van der Waals surface area contributed by atoms with Gasteiger partial charge in [-0.1, -0.05) is 0 Å². The number of rotatable bonds is 4. The summed E-state index contributed by atoms with van der Waals surface area (Å²) >= 11 is 0. The van der Waals surface area contributed by atoms with Crippen molar-refractivity contribution in [3.8, 4) is 22.8 Å².